The van der Waals surface area contributed by atoms with Gasteiger partial charge in [-0.3, -0.25) is 4.79 Å². The van der Waals surface area contributed by atoms with Gasteiger partial charge in [0.2, 0.25) is 10.0 Å². The monoisotopic (exact) mass is 433 g/mol. The molecular formula is C23H35N3O3S. The van der Waals surface area contributed by atoms with E-state index in [1.54, 1.807) is 10.4 Å². The summed E-state index contributed by atoms with van der Waals surface area (Å²) in [6.45, 7) is 4.43. The molecule has 0 aromatic heterocycles. The first kappa shape index (κ1) is 21.6. The number of sulfonamides is 1. The molecule has 6 nitrogen and oxygen atoms in total. The summed E-state index contributed by atoms with van der Waals surface area (Å²) in [6, 6.07) is 5.39. The Morgan fingerprint density at radius 1 is 0.700 bits per heavy atom. The first-order valence-corrected chi connectivity index (χ1v) is 13.2. The zero-order chi connectivity index (χ0) is 21.0. The van der Waals surface area contributed by atoms with Crippen molar-refractivity contribution in [2.24, 2.45) is 0 Å². The van der Waals surface area contributed by atoms with Crippen LogP contribution < -0.4 is 4.90 Å². The number of amides is 1. The van der Waals surface area contributed by atoms with E-state index < -0.39 is 10.0 Å². The number of hydrogen-bond acceptors (Lipinski definition) is 4. The second kappa shape index (κ2) is 9.69. The topological polar surface area (TPSA) is 60.9 Å². The van der Waals surface area contributed by atoms with E-state index in [4.69, 9.17) is 0 Å². The molecular weight excluding hydrogens is 398 g/mol. The standard InChI is InChI=1S/C23H35N3O3S/c27-23(25-15-9-10-16-25)20-11-12-21(24-13-5-1-2-6-14-24)22(19-20)30(28,29)26-17-7-3-4-8-18-26/h11-12,19H,1-10,13-18H2. The van der Waals surface area contributed by atoms with E-state index in [1.807, 2.05) is 17.0 Å². The maximum absolute atomic E-state index is 13.8. The van der Waals surface area contributed by atoms with Crippen LogP contribution in [0.1, 0.15) is 74.6 Å². The van der Waals surface area contributed by atoms with E-state index >= 15 is 0 Å². The normalized spacial score (nSPS) is 22.0. The van der Waals surface area contributed by atoms with Crippen LogP contribution in [-0.4, -0.2) is 62.8 Å². The number of likely N-dealkylation sites (tertiary alicyclic amines) is 1. The van der Waals surface area contributed by atoms with Gasteiger partial charge in [0.1, 0.15) is 4.90 Å². The molecule has 3 heterocycles. The highest BCUT2D eigenvalue weighted by Gasteiger charge is 2.31. The summed E-state index contributed by atoms with van der Waals surface area (Å²) in [4.78, 5) is 17.4. The molecule has 3 aliphatic heterocycles. The molecule has 7 heteroatoms. The number of benzene rings is 1. The maximum Gasteiger partial charge on any atom is 0.253 e. The Morgan fingerprint density at radius 3 is 1.83 bits per heavy atom. The Kier molecular flexibility index (Phi) is 6.98. The number of nitrogens with zero attached hydrogens (tertiary/aromatic N) is 3. The lowest BCUT2D eigenvalue weighted by atomic mass is 10.1. The third kappa shape index (κ3) is 4.67. The first-order chi connectivity index (χ1) is 14.6. The third-order valence-corrected chi connectivity index (χ3v) is 8.66. The van der Waals surface area contributed by atoms with E-state index in [-0.39, 0.29) is 5.91 Å². The quantitative estimate of drug-likeness (QED) is 0.723. The van der Waals surface area contributed by atoms with Gasteiger partial charge in [0.25, 0.3) is 5.91 Å². The Balaban J connectivity index is 1.72. The maximum atomic E-state index is 13.8. The predicted octanol–water partition coefficient (Wildman–Crippen LogP) is 3.87. The van der Waals surface area contributed by atoms with Crippen molar-refractivity contribution in [2.45, 2.75) is 69.1 Å². The Hall–Kier alpha value is -1.60. The average Bonchev–Trinajstić information content (AvgIpc) is 2.98. The van der Waals surface area contributed by atoms with E-state index in [9.17, 15) is 13.2 Å². The molecule has 1 aromatic rings. The van der Waals surface area contributed by atoms with Crippen LogP contribution in [0.25, 0.3) is 0 Å². The third-order valence-electron chi connectivity index (χ3n) is 6.73. The average molecular weight is 434 g/mol. The van der Waals surface area contributed by atoms with E-state index in [2.05, 4.69) is 4.90 Å². The smallest absolute Gasteiger partial charge is 0.253 e. The summed E-state index contributed by atoms with van der Waals surface area (Å²) in [7, 11) is -3.64. The van der Waals surface area contributed by atoms with Crippen LogP contribution in [0.4, 0.5) is 5.69 Å². The van der Waals surface area contributed by atoms with Crippen molar-refractivity contribution in [1.29, 1.82) is 0 Å². The summed E-state index contributed by atoms with van der Waals surface area (Å²) in [6.07, 6.45) is 10.6. The molecule has 166 valence electrons. The van der Waals surface area contributed by atoms with Gasteiger partial charge in [-0.2, -0.15) is 4.31 Å². The molecule has 0 unspecified atom stereocenters. The van der Waals surface area contributed by atoms with E-state index in [0.717, 1.165) is 83.2 Å². The molecule has 3 saturated heterocycles. The van der Waals surface area contributed by atoms with Gasteiger partial charge in [0, 0.05) is 44.8 Å². The number of rotatable bonds is 4. The highest BCUT2D eigenvalue weighted by atomic mass is 32.2. The largest absolute Gasteiger partial charge is 0.370 e. The van der Waals surface area contributed by atoms with Gasteiger partial charge in [0.15, 0.2) is 0 Å². The fourth-order valence-corrected chi connectivity index (χ4v) is 6.70. The van der Waals surface area contributed by atoms with Crippen molar-refractivity contribution in [2.75, 3.05) is 44.2 Å². The van der Waals surface area contributed by atoms with Crippen molar-refractivity contribution < 1.29 is 13.2 Å². The minimum atomic E-state index is -3.64. The second-order valence-electron chi connectivity index (χ2n) is 8.90. The zero-order valence-electron chi connectivity index (χ0n) is 18.0. The Labute approximate surface area is 181 Å². The van der Waals surface area contributed by atoms with Gasteiger partial charge in [-0.05, 0) is 56.7 Å². The number of carbonyl (C=O) groups is 1. The van der Waals surface area contributed by atoms with Crippen molar-refractivity contribution >= 4 is 21.6 Å². The van der Waals surface area contributed by atoms with Crippen molar-refractivity contribution in [3.63, 3.8) is 0 Å². The summed E-state index contributed by atoms with van der Waals surface area (Å²) in [5, 5.41) is 0. The number of anilines is 1. The van der Waals surface area contributed by atoms with Crippen molar-refractivity contribution in [1.82, 2.24) is 9.21 Å². The molecule has 1 aromatic carbocycles. The lowest BCUT2D eigenvalue weighted by Gasteiger charge is -2.28. The summed E-state index contributed by atoms with van der Waals surface area (Å²) >= 11 is 0. The molecule has 0 saturated carbocycles. The van der Waals surface area contributed by atoms with Crippen LogP contribution >= 0.6 is 0 Å². The molecule has 1 amide bonds. The minimum Gasteiger partial charge on any atom is -0.370 e. The molecule has 3 aliphatic rings. The lowest BCUT2D eigenvalue weighted by Crippen LogP contribution is -2.35. The second-order valence-corrected chi connectivity index (χ2v) is 10.8. The van der Waals surface area contributed by atoms with Crippen LogP contribution in [-0.2, 0) is 10.0 Å². The number of hydrogen-bond donors (Lipinski definition) is 0. The highest BCUT2D eigenvalue weighted by Crippen LogP contribution is 2.32. The van der Waals surface area contributed by atoms with Crippen LogP contribution in [0.2, 0.25) is 0 Å². The van der Waals surface area contributed by atoms with Gasteiger partial charge < -0.3 is 9.80 Å². The van der Waals surface area contributed by atoms with E-state index in [0.29, 0.717) is 23.5 Å². The van der Waals surface area contributed by atoms with Crippen molar-refractivity contribution in [3.05, 3.63) is 23.8 Å². The Morgan fingerprint density at radius 2 is 1.23 bits per heavy atom. The zero-order valence-corrected chi connectivity index (χ0v) is 18.8. The van der Waals surface area contributed by atoms with Gasteiger partial charge in [-0.1, -0.05) is 25.7 Å². The molecule has 4 rings (SSSR count). The van der Waals surface area contributed by atoms with Gasteiger partial charge in [0.05, 0.1) is 5.69 Å². The molecule has 30 heavy (non-hydrogen) atoms. The van der Waals surface area contributed by atoms with Crippen LogP contribution in [0.5, 0.6) is 0 Å². The molecule has 0 radical (unpaired) electrons. The summed E-state index contributed by atoms with van der Waals surface area (Å²) in [5.74, 6) is -0.0396. The molecule has 0 aliphatic carbocycles. The fourth-order valence-electron chi connectivity index (χ4n) is 4.95. The predicted molar refractivity (Wildman–Crippen MR) is 119 cm³/mol. The number of carbonyl (C=O) groups excluding carboxylic acids is 1. The molecule has 0 N–H and O–H groups in total. The van der Waals surface area contributed by atoms with Gasteiger partial charge in [-0.25, -0.2) is 8.42 Å². The Bertz CT molecular complexity index is 833. The molecule has 3 fully saturated rings. The van der Waals surface area contributed by atoms with Crippen LogP contribution in [0.15, 0.2) is 23.1 Å². The SMILES string of the molecule is O=C(c1ccc(N2CCCCCC2)c(S(=O)(=O)N2CCCCCC2)c1)N1CCCC1. The molecule has 0 bridgehead atoms. The highest BCUT2D eigenvalue weighted by molar-refractivity contribution is 7.89. The summed E-state index contributed by atoms with van der Waals surface area (Å²) < 4.78 is 29.2. The van der Waals surface area contributed by atoms with Crippen LogP contribution in [0, 0.1) is 0 Å². The molecule has 0 atom stereocenters. The fraction of sp³-hybridized carbons (Fsp3) is 0.696. The molecule has 0 spiro atoms. The van der Waals surface area contributed by atoms with Crippen molar-refractivity contribution in [3.8, 4) is 0 Å². The van der Waals surface area contributed by atoms with Gasteiger partial charge >= 0.3 is 0 Å². The van der Waals surface area contributed by atoms with Gasteiger partial charge in [-0.15, -0.1) is 0 Å². The van der Waals surface area contributed by atoms with E-state index in [1.165, 1.54) is 12.8 Å². The first-order valence-electron chi connectivity index (χ1n) is 11.8. The summed E-state index contributed by atoms with van der Waals surface area (Å²) in [5.41, 5.74) is 1.28. The minimum absolute atomic E-state index is 0.0396. The van der Waals surface area contributed by atoms with Crippen LogP contribution in [0.3, 0.4) is 0 Å². The lowest BCUT2D eigenvalue weighted by molar-refractivity contribution is 0.0792.